The second-order valence-electron chi connectivity index (χ2n) is 6.25. The molecule has 0 radical (unpaired) electrons. The Morgan fingerprint density at radius 1 is 1.24 bits per heavy atom. The number of nitrogens with one attached hydrogen (secondary N) is 1. The first-order valence-electron chi connectivity index (χ1n) is 7.23. The molecule has 2 heterocycles. The number of hydrogen-bond acceptors (Lipinski definition) is 5. The largest absolute Gasteiger partial charge is 0.432 e. The van der Waals surface area contributed by atoms with Crippen LogP contribution >= 0.6 is 0 Å². The Balaban J connectivity index is 1.85. The van der Waals surface area contributed by atoms with Crippen molar-refractivity contribution in [2.75, 3.05) is 18.5 Å². The highest BCUT2D eigenvalue weighted by Gasteiger charge is 2.12. The van der Waals surface area contributed by atoms with Gasteiger partial charge in [-0.05, 0) is 44.9 Å². The zero-order valence-corrected chi connectivity index (χ0v) is 13.3. The van der Waals surface area contributed by atoms with Gasteiger partial charge >= 0.3 is 0 Å². The molecule has 5 nitrogen and oxygen atoms in total. The first-order chi connectivity index (χ1) is 9.94. The van der Waals surface area contributed by atoms with Crippen LogP contribution in [0.25, 0.3) is 0 Å². The van der Waals surface area contributed by atoms with Gasteiger partial charge in [0, 0.05) is 38.1 Å². The van der Waals surface area contributed by atoms with E-state index in [4.69, 9.17) is 4.42 Å². The topological polar surface area (TPSA) is 54.2 Å². The third-order valence-corrected chi connectivity index (χ3v) is 3.15. The van der Waals surface area contributed by atoms with Crippen molar-refractivity contribution in [3.05, 3.63) is 42.0 Å². The molecule has 0 bridgehead atoms. The van der Waals surface area contributed by atoms with E-state index in [0.29, 0.717) is 12.6 Å². The van der Waals surface area contributed by atoms with Crippen LogP contribution in [-0.4, -0.2) is 29.1 Å². The lowest BCUT2D eigenvalue weighted by atomic mass is 10.1. The maximum absolute atomic E-state index is 5.54. The Morgan fingerprint density at radius 2 is 1.95 bits per heavy atom. The van der Waals surface area contributed by atoms with Gasteiger partial charge in [-0.2, -0.15) is 4.98 Å². The van der Waals surface area contributed by atoms with Gasteiger partial charge in [-0.3, -0.25) is 4.98 Å². The average molecular weight is 288 g/mol. The third-order valence-electron chi connectivity index (χ3n) is 3.15. The van der Waals surface area contributed by atoms with Gasteiger partial charge in [0.2, 0.25) is 0 Å². The molecular formula is C16H24N4O. The molecule has 0 fully saturated rings. The first kappa shape index (κ1) is 15.5. The maximum Gasteiger partial charge on any atom is 0.297 e. The van der Waals surface area contributed by atoms with Gasteiger partial charge in [-0.25, -0.2) is 0 Å². The molecule has 1 N–H and O–H groups in total. The lowest BCUT2D eigenvalue weighted by molar-refractivity contribution is 0.421. The highest BCUT2D eigenvalue weighted by atomic mass is 16.4. The van der Waals surface area contributed by atoms with Crippen molar-refractivity contribution < 1.29 is 4.42 Å². The van der Waals surface area contributed by atoms with E-state index in [9.17, 15) is 0 Å². The third kappa shape index (κ3) is 5.19. The van der Waals surface area contributed by atoms with Crippen LogP contribution < -0.4 is 10.2 Å². The number of oxazole rings is 1. The monoisotopic (exact) mass is 288 g/mol. The van der Waals surface area contributed by atoms with Crippen LogP contribution in [0.4, 0.5) is 6.01 Å². The predicted octanol–water partition coefficient (Wildman–Crippen LogP) is 2.64. The van der Waals surface area contributed by atoms with Gasteiger partial charge in [0.25, 0.3) is 6.01 Å². The molecule has 2 rings (SSSR count). The van der Waals surface area contributed by atoms with Gasteiger partial charge in [-0.15, -0.1) is 0 Å². The number of likely N-dealkylation sites (N-methyl/N-ethyl adjacent to an activating group) is 1. The fraction of sp³-hybridized carbons (Fsp3) is 0.500. The van der Waals surface area contributed by atoms with E-state index in [0.717, 1.165) is 18.7 Å². The summed E-state index contributed by atoms with van der Waals surface area (Å²) in [6.45, 7) is 7.97. The van der Waals surface area contributed by atoms with E-state index >= 15 is 0 Å². The van der Waals surface area contributed by atoms with Crippen molar-refractivity contribution in [1.82, 2.24) is 15.3 Å². The Labute approximate surface area is 126 Å². The molecule has 0 aliphatic rings. The molecule has 0 unspecified atom stereocenters. The maximum atomic E-state index is 5.54. The van der Waals surface area contributed by atoms with E-state index in [-0.39, 0.29) is 5.54 Å². The minimum atomic E-state index is 0.0758. The van der Waals surface area contributed by atoms with Gasteiger partial charge in [0.05, 0.1) is 5.69 Å². The summed E-state index contributed by atoms with van der Waals surface area (Å²) in [6.07, 6.45) is 6.29. The number of nitrogens with zero attached hydrogens (tertiary/aromatic N) is 3. The molecule has 5 heteroatoms. The molecule has 0 aliphatic carbocycles. The van der Waals surface area contributed by atoms with E-state index in [2.05, 4.69) is 36.1 Å². The molecule has 0 amide bonds. The molecule has 114 valence electrons. The van der Waals surface area contributed by atoms with Crippen LogP contribution in [-0.2, 0) is 13.0 Å². The average Bonchev–Trinajstić information content (AvgIpc) is 2.92. The van der Waals surface area contributed by atoms with Crippen LogP contribution in [0, 0.1) is 0 Å². The van der Waals surface area contributed by atoms with Crippen LogP contribution in [0.5, 0.6) is 0 Å². The van der Waals surface area contributed by atoms with E-state index in [1.165, 1.54) is 5.56 Å². The van der Waals surface area contributed by atoms with Gasteiger partial charge in [0.1, 0.15) is 6.26 Å². The Kier molecular flexibility index (Phi) is 4.96. The molecular weight excluding hydrogens is 264 g/mol. The zero-order chi connectivity index (χ0) is 15.3. The highest BCUT2D eigenvalue weighted by molar-refractivity contribution is 5.26. The van der Waals surface area contributed by atoms with Crippen molar-refractivity contribution in [2.24, 2.45) is 0 Å². The summed E-state index contributed by atoms with van der Waals surface area (Å²) < 4.78 is 5.54. The molecule has 21 heavy (non-hydrogen) atoms. The minimum Gasteiger partial charge on any atom is -0.432 e. The number of pyridine rings is 1. The fourth-order valence-electron chi connectivity index (χ4n) is 1.85. The number of aromatic nitrogens is 2. The van der Waals surface area contributed by atoms with Crippen molar-refractivity contribution in [1.29, 1.82) is 0 Å². The number of rotatable bonds is 6. The summed E-state index contributed by atoms with van der Waals surface area (Å²) in [5.74, 6) is 0. The standard InChI is InChI=1S/C16H24N4O/c1-16(2,3)18-11-14-12-21-15(19-14)20(4)10-7-13-5-8-17-9-6-13/h5-6,8-9,12,18H,7,10-11H2,1-4H3. The van der Waals surface area contributed by atoms with Crippen LogP contribution in [0.1, 0.15) is 32.0 Å². The molecule has 0 saturated heterocycles. The van der Waals surface area contributed by atoms with Crippen molar-refractivity contribution in [3.8, 4) is 0 Å². The van der Waals surface area contributed by atoms with E-state index in [1.54, 1.807) is 6.26 Å². The molecule has 0 spiro atoms. The number of hydrogen-bond donors (Lipinski definition) is 1. The normalized spacial score (nSPS) is 11.6. The molecule has 0 aromatic carbocycles. The second-order valence-corrected chi connectivity index (χ2v) is 6.25. The van der Waals surface area contributed by atoms with Crippen LogP contribution in [0.2, 0.25) is 0 Å². The van der Waals surface area contributed by atoms with Crippen molar-refractivity contribution >= 4 is 6.01 Å². The molecule has 0 atom stereocenters. The van der Waals surface area contributed by atoms with Gasteiger partial charge in [0.15, 0.2) is 0 Å². The molecule has 0 aliphatic heterocycles. The number of anilines is 1. The van der Waals surface area contributed by atoms with E-state index < -0.39 is 0 Å². The van der Waals surface area contributed by atoms with E-state index in [1.807, 2.05) is 36.5 Å². The summed E-state index contributed by atoms with van der Waals surface area (Å²) in [5, 5.41) is 3.40. The molecule has 0 saturated carbocycles. The fourth-order valence-corrected chi connectivity index (χ4v) is 1.85. The smallest absolute Gasteiger partial charge is 0.297 e. The minimum absolute atomic E-state index is 0.0758. The first-order valence-corrected chi connectivity index (χ1v) is 7.23. The lowest BCUT2D eigenvalue weighted by Gasteiger charge is -2.19. The SMILES string of the molecule is CN(CCc1ccncc1)c1nc(CNC(C)(C)C)co1. The molecule has 2 aromatic rings. The van der Waals surface area contributed by atoms with Crippen LogP contribution in [0.15, 0.2) is 35.2 Å². The Bertz CT molecular complexity index is 545. The van der Waals surface area contributed by atoms with Crippen molar-refractivity contribution in [3.63, 3.8) is 0 Å². The zero-order valence-electron chi connectivity index (χ0n) is 13.3. The lowest BCUT2D eigenvalue weighted by Crippen LogP contribution is -2.35. The summed E-state index contributed by atoms with van der Waals surface area (Å²) in [4.78, 5) is 10.6. The summed E-state index contributed by atoms with van der Waals surface area (Å²) in [7, 11) is 1.99. The van der Waals surface area contributed by atoms with Crippen molar-refractivity contribution in [2.45, 2.75) is 39.3 Å². The summed E-state index contributed by atoms with van der Waals surface area (Å²) in [6, 6.07) is 4.72. The quantitative estimate of drug-likeness (QED) is 0.885. The Hall–Kier alpha value is -1.88. The summed E-state index contributed by atoms with van der Waals surface area (Å²) >= 11 is 0. The van der Waals surface area contributed by atoms with Gasteiger partial charge in [-0.1, -0.05) is 0 Å². The molecule has 2 aromatic heterocycles. The highest BCUT2D eigenvalue weighted by Crippen LogP contribution is 2.13. The van der Waals surface area contributed by atoms with Gasteiger partial charge < -0.3 is 14.6 Å². The predicted molar refractivity (Wildman–Crippen MR) is 84.3 cm³/mol. The second kappa shape index (κ2) is 6.72. The summed E-state index contributed by atoms with van der Waals surface area (Å²) in [5.41, 5.74) is 2.26. The Morgan fingerprint density at radius 3 is 2.62 bits per heavy atom. The van der Waals surface area contributed by atoms with Crippen LogP contribution in [0.3, 0.4) is 0 Å².